The Morgan fingerprint density at radius 2 is 1.40 bits per heavy atom. The Hall–Kier alpha value is -1.26. The largest absolute Gasteiger partial charge is 0.649 e. The minimum absolute atomic E-state index is 1.21. The molecule has 0 radical (unpaired) electrons. The van der Waals surface area contributed by atoms with Gasteiger partial charge in [-0.15, -0.1) is 0 Å². The van der Waals surface area contributed by atoms with Crippen molar-refractivity contribution in [2.75, 3.05) is 31.8 Å². The van der Waals surface area contributed by atoms with E-state index >= 15 is 0 Å². The zero-order valence-electron chi connectivity index (χ0n) is 14.2. The maximum Gasteiger partial charge on any atom is 0.649 e. The van der Waals surface area contributed by atoms with Crippen molar-refractivity contribution in [3.05, 3.63) is 0 Å². The number of carboxylic acids is 1. The van der Waals surface area contributed by atoms with Gasteiger partial charge in [-0.1, -0.05) is 0 Å². The van der Waals surface area contributed by atoms with Crippen LogP contribution in [0.15, 0.2) is 0 Å². The summed E-state index contributed by atoms with van der Waals surface area (Å²) in [6.07, 6.45) is 0. The molecule has 0 atom stereocenters. The standard InChI is InChI=1S/C7H18N.C3H5BO11S2/c1-5-8(4,6-2)7-3;5-2(6)3(7)14-16(10,11)1-17(12,13)15-4(8)9/h5-7H2,1-4H3;8-9H,1H2,(H,5,6)/q+1;/p-1. The molecule has 15 heteroatoms. The molecule has 0 fully saturated rings. The summed E-state index contributed by atoms with van der Waals surface area (Å²) in [5, 5.41) is 24.0. The quantitative estimate of drug-likeness (QED) is 0.175. The molecule has 12 nitrogen and oxygen atoms in total. The SMILES string of the molecule is CC[N+](C)(CC)CC.O=C([O-])C(=O)OS(=O)(=O)CS(=O)(=O)OB(O)O. The Morgan fingerprint density at radius 1 is 1.00 bits per heavy atom. The van der Waals surface area contributed by atoms with Gasteiger partial charge in [-0.25, -0.2) is 4.79 Å². The number of rotatable bonds is 8. The highest BCUT2D eigenvalue weighted by Crippen LogP contribution is 2.03. The molecule has 0 aromatic heterocycles. The molecule has 25 heavy (non-hydrogen) atoms. The van der Waals surface area contributed by atoms with Crippen molar-refractivity contribution in [2.45, 2.75) is 20.8 Å². The van der Waals surface area contributed by atoms with Crippen LogP contribution in [0, 0.1) is 0 Å². The molecule has 0 heterocycles. The highest BCUT2D eigenvalue weighted by atomic mass is 32.3. The van der Waals surface area contributed by atoms with Gasteiger partial charge in [0.05, 0.1) is 26.7 Å². The second kappa shape index (κ2) is 10.7. The number of carbonyl (C=O) groups excluding carboxylic acids is 2. The minimum atomic E-state index is -5.13. The van der Waals surface area contributed by atoms with Gasteiger partial charge in [0.1, 0.15) is 0 Å². The van der Waals surface area contributed by atoms with E-state index in [2.05, 4.69) is 36.1 Å². The van der Waals surface area contributed by atoms with Gasteiger partial charge in [0.25, 0.3) is 10.1 Å². The van der Waals surface area contributed by atoms with Crippen molar-refractivity contribution in [1.82, 2.24) is 0 Å². The molecule has 2 N–H and O–H groups in total. The smallest absolute Gasteiger partial charge is 0.539 e. The van der Waals surface area contributed by atoms with Gasteiger partial charge in [-0.05, 0) is 20.8 Å². The van der Waals surface area contributed by atoms with Crippen molar-refractivity contribution in [3.8, 4) is 0 Å². The maximum absolute atomic E-state index is 10.8. The van der Waals surface area contributed by atoms with Crippen LogP contribution in [-0.2, 0) is 38.1 Å². The molecule has 0 saturated heterocycles. The normalized spacial score (nSPS) is 11.9. The maximum atomic E-state index is 10.8. The number of carboxylic acid groups (broad SMARTS) is 1. The molecule has 0 amide bonds. The Bertz CT molecular complexity index is 632. The highest BCUT2D eigenvalue weighted by Gasteiger charge is 2.30. The minimum Gasteiger partial charge on any atom is -0.539 e. The third kappa shape index (κ3) is 12.7. The highest BCUT2D eigenvalue weighted by molar-refractivity contribution is 8.04. The molecule has 0 aromatic carbocycles. The average Bonchev–Trinajstić information content (AvgIpc) is 2.43. The zero-order valence-corrected chi connectivity index (χ0v) is 15.9. The van der Waals surface area contributed by atoms with Gasteiger partial charge < -0.3 is 28.6 Å². The lowest BCUT2D eigenvalue weighted by atomic mass is 10.3. The van der Waals surface area contributed by atoms with Gasteiger partial charge in [0, 0.05) is 0 Å². The van der Waals surface area contributed by atoms with Crippen LogP contribution in [0.5, 0.6) is 0 Å². The van der Waals surface area contributed by atoms with Crippen molar-refractivity contribution in [3.63, 3.8) is 0 Å². The van der Waals surface area contributed by atoms with Crippen molar-refractivity contribution in [1.29, 1.82) is 0 Å². The predicted molar refractivity (Wildman–Crippen MR) is 82.9 cm³/mol. The first-order valence-corrected chi connectivity index (χ1v) is 10.1. The van der Waals surface area contributed by atoms with E-state index in [4.69, 9.17) is 10.0 Å². The van der Waals surface area contributed by atoms with Crippen LogP contribution in [0.2, 0.25) is 0 Å². The van der Waals surface area contributed by atoms with Gasteiger partial charge in [-0.3, -0.25) is 4.10 Å². The lowest BCUT2D eigenvalue weighted by Crippen LogP contribution is -2.42. The number of quaternary nitrogens is 1. The molecule has 0 aliphatic carbocycles. The van der Waals surface area contributed by atoms with E-state index in [1.165, 1.54) is 24.1 Å². The third-order valence-corrected chi connectivity index (χ3v) is 6.36. The van der Waals surface area contributed by atoms with Crippen LogP contribution < -0.4 is 5.11 Å². The summed E-state index contributed by atoms with van der Waals surface area (Å²) in [6, 6.07) is 0. The van der Waals surface area contributed by atoms with Crippen molar-refractivity contribution in [2.24, 2.45) is 0 Å². The fraction of sp³-hybridized carbons (Fsp3) is 0.800. The summed E-state index contributed by atoms with van der Waals surface area (Å²) in [5.41, 5.74) is 0. The Balaban J connectivity index is 0. The second-order valence-corrected chi connectivity index (χ2v) is 8.41. The Morgan fingerprint density at radius 3 is 1.64 bits per heavy atom. The first kappa shape index (κ1) is 26.0. The summed E-state index contributed by atoms with van der Waals surface area (Å²) in [5.74, 6) is -4.83. The first-order chi connectivity index (χ1) is 11.1. The molecular weight excluding hydrogens is 385 g/mol. The monoisotopic (exact) mass is 407 g/mol. The number of nitrogens with zero attached hydrogens (tertiary/aromatic N) is 1. The van der Waals surface area contributed by atoms with Gasteiger partial charge >= 0.3 is 23.4 Å². The van der Waals surface area contributed by atoms with E-state index in [-0.39, 0.29) is 0 Å². The van der Waals surface area contributed by atoms with Crippen LogP contribution in [-0.4, -0.2) is 82.4 Å². The van der Waals surface area contributed by atoms with Crippen molar-refractivity contribution >= 4 is 39.5 Å². The van der Waals surface area contributed by atoms with Crippen LogP contribution in [0.4, 0.5) is 0 Å². The fourth-order valence-corrected chi connectivity index (χ4v) is 3.57. The van der Waals surface area contributed by atoms with E-state index < -0.39 is 44.6 Å². The molecule has 0 aliphatic heterocycles. The molecule has 0 aliphatic rings. The number of hydrogen-bond donors (Lipinski definition) is 2. The summed E-state index contributed by atoms with van der Waals surface area (Å²) in [7, 11) is -10.6. The average molecular weight is 407 g/mol. The molecule has 0 bridgehead atoms. The van der Waals surface area contributed by atoms with Crippen LogP contribution >= 0.6 is 0 Å². The summed E-state index contributed by atoms with van der Waals surface area (Å²) < 4.78 is 50.9. The lowest BCUT2D eigenvalue weighted by Gasteiger charge is -2.30. The Labute approximate surface area is 147 Å². The van der Waals surface area contributed by atoms with Gasteiger partial charge in [0.15, 0.2) is 5.97 Å². The first-order valence-electron chi connectivity index (χ1n) is 6.91. The van der Waals surface area contributed by atoms with E-state index in [9.17, 15) is 31.5 Å². The van der Waals surface area contributed by atoms with Crippen LogP contribution in [0.25, 0.3) is 0 Å². The van der Waals surface area contributed by atoms with Gasteiger partial charge in [0.2, 0.25) is 5.08 Å². The second-order valence-electron chi connectivity index (χ2n) is 4.88. The number of carbonyl (C=O) groups is 2. The molecule has 0 aromatic rings. The molecule has 0 saturated carbocycles. The Kier molecular flexibility index (Phi) is 11.1. The van der Waals surface area contributed by atoms with E-state index in [1.54, 1.807) is 0 Å². The molecular formula is C10H22BNO11S2. The van der Waals surface area contributed by atoms with E-state index in [0.717, 1.165) is 0 Å². The molecule has 148 valence electrons. The van der Waals surface area contributed by atoms with Gasteiger partial charge in [-0.2, -0.15) is 16.8 Å². The zero-order chi connectivity index (χ0) is 20.5. The summed E-state index contributed by atoms with van der Waals surface area (Å²) in [6.45, 7) is 10.5. The summed E-state index contributed by atoms with van der Waals surface area (Å²) in [4.78, 5) is 20.1. The van der Waals surface area contributed by atoms with Crippen LogP contribution in [0.1, 0.15) is 20.8 Å². The summed E-state index contributed by atoms with van der Waals surface area (Å²) >= 11 is 0. The third-order valence-electron chi connectivity index (χ3n) is 3.18. The fourth-order valence-electron chi connectivity index (χ4n) is 1.18. The molecule has 0 unspecified atom stereocenters. The molecule has 0 spiro atoms. The predicted octanol–water partition coefficient (Wildman–Crippen LogP) is -3.62. The van der Waals surface area contributed by atoms with E-state index in [0.29, 0.717) is 0 Å². The topological polar surface area (TPSA) is 184 Å². The molecule has 0 rings (SSSR count). The number of aliphatic carboxylic acids is 1. The van der Waals surface area contributed by atoms with Crippen LogP contribution in [0.3, 0.4) is 0 Å². The van der Waals surface area contributed by atoms with Crippen molar-refractivity contribution < 1.29 is 54.3 Å². The lowest BCUT2D eigenvalue weighted by molar-refractivity contribution is -0.904. The number of hydrogen-bond acceptors (Lipinski definition) is 11. The van der Waals surface area contributed by atoms with E-state index in [1.807, 2.05) is 0 Å².